The van der Waals surface area contributed by atoms with Gasteiger partial charge in [0.25, 0.3) is 0 Å². The molecule has 0 saturated carbocycles. The summed E-state index contributed by atoms with van der Waals surface area (Å²) in [6.07, 6.45) is 0. The van der Waals surface area contributed by atoms with E-state index in [9.17, 15) is 5.11 Å². The van der Waals surface area contributed by atoms with Gasteiger partial charge in [0, 0.05) is 18.7 Å². The fourth-order valence-electron chi connectivity index (χ4n) is 1.82. The maximum absolute atomic E-state index is 9.86. The van der Waals surface area contributed by atoms with Crippen LogP contribution in [0.25, 0.3) is 0 Å². The third-order valence-electron chi connectivity index (χ3n) is 2.65. The van der Waals surface area contributed by atoms with Crippen molar-refractivity contribution >= 4 is 0 Å². The highest BCUT2D eigenvalue weighted by atomic mass is 16.3. The van der Waals surface area contributed by atoms with Crippen LogP contribution >= 0.6 is 0 Å². The standard InChI is InChI=1S/C13H22N2O/c1-10-11(8-14(2)3)6-7-13(16)12(10)9-15(4)5/h6-7,16H,8-9H2,1-5H3. The second-order valence-electron chi connectivity index (χ2n) is 4.82. The molecule has 90 valence electrons. The Morgan fingerprint density at radius 1 is 1.00 bits per heavy atom. The minimum absolute atomic E-state index is 0.397. The normalized spacial score (nSPS) is 11.4. The molecule has 0 aliphatic heterocycles. The zero-order valence-electron chi connectivity index (χ0n) is 10.9. The topological polar surface area (TPSA) is 26.7 Å². The van der Waals surface area contributed by atoms with Crippen LogP contribution in [0.1, 0.15) is 16.7 Å². The summed E-state index contributed by atoms with van der Waals surface area (Å²) in [5, 5.41) is 9.86. The van der Waals surface area contributed by atoms with Crippen LogP contribution in [-0.2, 0) is 13.1 Å². The molecule has 0 aromatic heterocycles. The smallest absolute Gasteiger partial charge is 0.120 e. The maximum atomic E-state index is 9.86. The summed E-state index contributed by atoms with van der Waals surface area (Å²) in [5.41, 5.74) is 3.51. The SMILES string of the molecule is Cc1c(CN(C)C)ccc(O)c1CN(C)C. The molecule has 0 atom stereocenters. The number of hydrogen-bond donors (Lipinski definition) is 1. The number of phenolic OH excluding ortho intramolecular Hbond substituents is 1. The Bertz CT molecular complexity index is 359. The van der Waals surface area contributed by atoms with E-state index >= 15 is 0 Å². The number of phenols is 1. The van der Waals surface area contributed by atoms with Gasteiger partial charge in [-0.2, -0.15) is 0 Å². The molecule has 1 N–H and O–H groups in total. The van der Waals surface area contributed by atoms with E-state index in [2.05, 4.69) is 30.8 Å². The molecule has 3 heteroatoms. The quantitative estimate of drug-likeness (QED) is 0.842. The van der Waals surface area contributed by atoms with Crippen LogP contribution in [0.4, 0.5) is 0 Å². The Balaban J connectivity index is 3.06. The number of aromatic hydroxyl groups is 1. The van der Waals surface area contributed by atoms with Gasteiger partial charge in [-0.25, -0.2) is 0 Å². The molecule has 1 rings (SSSR count). The molecule has 0 heterocycles. The lowest BCUT2D eigenvalue weighted by atomic mass is 10.0. The predicted molar refractivity (Wildman–Crippen MR) is 67.6 cm³/mol. The van der Waals surface area contributed by atoms with E-state index in [-0.39, 0.29) is 0 Å². The lowest BCUT2D eigenvalue weighted by molar-refractivity contribution is 0.380. The van der Waals surface area contributed by atoms with E-state index in [1.54, 1.807) is 6.07 Å². The molecular formula is C13H22N2O. The molecule has 16 heavy (non-hydrogen) atoms. The minimum Gasteiger partial charge on any atom is -0.508 e. The first-order chi connectivity index (χ1) is 7.41. The minimum atomic E-state index is 0.397. The van der Waals surface area contributed by atoms with Crippen LogP contribution < -0.4 is 0 Å². The van der Waals surface area contributed by atoms with Gasteiger partial charge in [-0.3, -0.25) is 0 Å². The van der Waals surface area contributed by atoms with Crippen molar-refractivity contribution in [2.45, 2.75) is 20.0 Å². The van der Waals surface area contributed by atoms with Crippen molar-refractivity contribution in [3.05, 3.63) is 28.8 Å². The highest BCUT2D eigenvalue weighted by molar-refractivity contribution is 5.43. The lowest BCUT2D eigenvalue weighted by Crippen LogP contribution is -2.15. The first-order valence-electron chi connectivity index (χ1n) is 5.51. The number of nitrogens with zero attached hydrogens (tertiary/aromatic N) is 2. The second-order valence-corrected chi connectivity index (χ2v) is 4.82. The Morgan fingerprint density at radius 2 is 1.56 bits per heavy atom. The Labute approximate surface area is 98.3 Å². The van der Waals surface area contributed by atoms with E-state index in [1.165, 1.54) is 11.1 Å². The van der Waals surface area contributed by atoms with E-state index in [4.69, 9.17) is 0 Å². The molecule has 1 aromatic carbocycles. The van der Waals surface area contributed by atoms with E-state index in [1.807, 2.05) is 20.2 Å². The van der Waals surface area contributed by atoms with Crippen molar-refractivity contribution in [2.75, 3.05) is 28.2 Å². The molecule has 0 unspecified atom stereocenters. The molecule has 3 nitrogen and oxygen atoms in total. The van der Waals surface area contributed by atoms with Crippen LogP contribution in [0.2, 0.25) is 0 Å². The van der Waals surface area contributed by atoms with E-state index in [0.29, 0.717) is 5.75 Å². The van der Waals surface area contributed by atoms with Crippen LogP contribution in [0.15, 0.2) is 12.1 Å². The predicted octanol–water partition coefficient (Wildman–Crippen LogP) is 1.82. The van der Waals surface area contributed by atoms with Gasteiger partial charge in [-0.05, 0) is 52.3 Å². The van der Waals surface area contributed by atoms with E-state index < -0.39 is 0 Å². The van der Waals surface area contributed by atoms with Gasteiger partial charge in [0.15, 0.2) is 0 Å². The lowest BCUT2D eigenvalue weighted by Gasteiger charge is -2.18. The van der Waals surface area contributed by atoms with Gasteiger partial charge in [-0.1, -0.05) is 6.07 Å². The zero-order chi connectivity index (χ0) is 12.3. The summed E-state index contributed by atoms with van der Waals surface area (Å²) >= 11 is 0. The largest absolute Gasteiger partial charge is 0.508 e. The summed E-state index contributed by atoms with van der Waals surface area (Å²) in [5.74, 6) is 0.397. The molecule has 0 amide bonds. The molecule has 0 saturated heterocycles. The Morgan fingerprint density at radius 3 is 2.06 bits per heavy atom. The Hall–Kier alpha value is -1.06. The van der Waals surface area contributed by atoms with Crippen LogP contribution in [0.3, 0.4) is 0 Å². The number of hydrogen-bond acceptors (Lipinski definition) is 3. The fourth-order valence-corrected chi connectivity index (χ4v) is 1.82. The number of benzene rings is 1. The molecule has 0 fully saturated rings. The highest BCUT2D eigenvalue weighted by Gasteiger charge is 2.10. The third kappa shape index (κ3) is 3.22. The second kappa shape index (κ2) is 5.32. The van der Waals surface area contributed by atoms with Crippen molar-refractivity contribution in [3.63, 3.8) is 0 Å². The van der Waals surface area contributed by atoms with Gasteiger partial charge >= 0.3 is 0 Å². The molecule has 0 spiro atoms. The summed E-state index contributed by atoms with van der Waals surface area (Å²) < 4.78 is 0. The van der Waals surface area contributed by atoms with Gasteiger partial charge in [0.2, 0.25) is 0 Å². The summed E-state index contributed by atoms with van der Waals surface area (Å²) in [6, 6.07) is 3.80. The zero-order valence-corrected chi connectivity index (χ0v) is 10.9. The van der Waals surface area contributed by atoms with E-state index in [0.717, 1.165) is 18.7 Å². The molecule has 0 bridgehead atoms. The molecule has 1 aromatic rings. The van der Waals surface area contributed by atoms with Gasteiger partial charge in [-0.15, -0.1) is 0 Å². The highest BCUT2D eigenvalue weighted by Crippen LogP contribution is 2.25. The summed E-state index contributed by atoms with van der Waals surface area (Å²) in [7, 11) is 8.13. The number of rotatable bonds is 4. The van der Waals surface area contributed by atoms with Crippen molar-refractivity contribution in [1.82, 2.24) is 9.80 Å². The first kappa shape index (κ1) is 13.0. The van der Waals surface area contributed by atoms with Crippen molar-refractivity contribution < 1.29 is 5.11 Å². The average molecular weight is 222 g/mol. The van der Waals surface area contributed by atoms with Crippen molar-refractivity contribution in [3.8, 4) is 5.75 Å². The first-order valence-corrected chi connectivity index (χ1v) is 5.51. The molecule has 0 aliphatic rings. The van der Waals surface area contributed by atoms with Crippen LogP contribution in [0.5, 0.6) is 5.75 Å². The average Bonchev–Trinajstić information content (AvgIpc) is 2.16. The van der Waals surface area contributed by atoms with Gasteiger partial charge in [0.1, 0.15) is 5.75 Å². The molecule has 0 radical (unpaired) electrons. The molecule has 0 aliphatic carbocycles. The Kier molecular flexibility index (Phi) is 4.33. The maximum Gasteiger partial charge on any atom is 0.120 e. The van der Waals surface area contributed by atoms with Crippen LogP contribution in [0, 0.1) is 6.92 Å². The summed E-state index contributed by atoms with van der Waals surface area (Å²) in [4.78, 5) is 4.21. The monoisotopic (exact) mass is 222 g/mol. The molecular weight excluding hydrogens is 200 g/mol. The van der Waals surface area contributed by atoms with Crippen molar-refractivity contribution in [1.29, 1.82) is 0 Å². The van der Waals surface area contributed by atoms with Gasteiger partial charge < -0.3 is 14.9 Å². The van der Waals surface area contributed by atoms with Crippen LogP contribution in [-0.4, -0.2) is 43.1 Å². The van der Waals surface area contributed by atoms with Crippen molar-refractivity contribution in [2.24, 2.45) is 0 Å². The van der Waals surface area contributed by atoms with Gasteiger partial charge in [0.05, 0.1) is 0 Å². The summed E-state index contributed by atoms with van der Waals surface area (Å²) in [6.45, 7) is 3.77. The third-order valence-corrected chi connectivity index (χ3v) is 2.65. The fraction of sp³-hybridized carbons (Fsp3) is 0.538.